The minimum absolute atomic E-state index is 0.241. The topological polar surface area (TPSA) is 120 Å². The number of rotatable bonds is 8. The molecule has 0 saturated carbocycles. The number of hydrogen-bond donors (Lipinski definition) is 2. The van der Waals surface area contributed by atoms with Gasteiger partial charge < -0.3 is 19.9 Å². The fourth-order valence-corrected chi connectivity index (χ4v) is 2.65. The Morgan fingerprint density at radius 1 is 1.26 bits per heavy atom. The molecule has 2 rings (SSSR count). The molecule has 2 N–H and O–H groups in total. The molecule has 1 aromatic heterocycles. The molecule has 0 spiro atoms. The Kier molecular flexibility index (Phi) is 6.38. The Morgan fingerprint density at radius 3 is 2.44 bits per heavy atom. The molecule has 0 aliphatic rings. The van der Waals surface area contributed by atoms with Gasteiger partial charge in [0.15, 0.2) is 11.5 Å². The molecule has 2 unspecified atom stereocenters. The number of ether oxygens (including phenoxy) is 2. The molecule has 1 heterocycles. The highest BCUT2D eigenvalue weighted by molar-refractivity contribution is 5.84. The number of amides is 1. The Bertz CT molecular complexity index is 908. The van der Waals surface area contributed by atoms with E-state index >= 15 is 0 Å². The van der Waals surface area contributed by atoms with Crippen molar-refractivity contribution in [1.82, 2.24) is 14.9 Å². The third kappa shape index (κ3) is 4.36. The average Bonchev–Trinajstić information content (AvgIpc) is 2.66. The maximum Gasteiger partial charge on any atom is 0.326 e. The molecule has 27 heavy (non-hydrogen) atoms. The lowest BCUT2D eigenvalue weighted by Crippen LogP contribution is -2.46. The number of nitrogens with zero attached hydrogens (tertiary/aromatic N) is 2. The first kappa shape index (κ1) is 20.2. The van der Waals surface area contributed by atoms with Crippen molar-refractivity contribution in [3.63, 3.8) is 0 Å². The van der Waals surface area contributed by atoms with Crippen LogP contribution in [-0.2, 0) is 16.1 Å². The van der Waals surface area contributed by atoms with Gasteiger partial charge in [0.2, 0.25) is 5.91 Å². The van der Waals surface area contributed by atoms with Crippen LogP contribution in [0.4, 0.5) is 0 Å². The van der Waals surface area contributed by atoms with Crippen LogP contribution in [0.2, 0.25) is 0 Å². The molecule has 0 fully saturated rings. The van der Waals surface area contributed by atoms with Crippen LogP contribution < -0.4 is 20.3 Å². The van der Waals surface area contributed by atoms with Crippen LogP contribution in [0.15, 0.2) is 23.3 Å². The van der Waals surface area contributed by atoms with Crippen molar-refractivity contribution < 1.29 is 24.2 Å². The number of carboxylic acid groups (broad SMARTS) is 1. The van der Waals surface area contributed by atoms with Crippen molar-refractivity contribution in [2.75, 3.05) is 14.2 Å². The zero-order valence-electron chi connectivity index (χ0n) is 15.7. The number of fused-ring (bicyclic) bond motifs is 1. The van der Waals surface area contributed by atoms with E-state index in [1.165, 1.54) is 26.6 Å². The summed E-state index contributed by atoms with van der Waals surface area (Å²) >= 11 is 0. The number of methoxy groups -OCH3 is 2. The van der Waals surface area contributed by atoms with E-state index in [0.29, 0.717) is 23.4 Å². The van der Waals surface area contributed by atoms with Crippen LogP contribution in [0.5, 0.6) is 11.5 Å². The summed E-state index contributed by atoms with van der Waals surface area (Å²) in [5, 5.41) is 12.0. The molecular formula is C18H23N3O6. The molecule has 2 aromatic rings. The van der Waals surface area contributed by atoms with Crippen molar-refractivity contribution >= 4 is 22.8 Å². The molecule has 1 aromatic carbocycles. The van der Waals surface area contributed by atoms with E-state index in [-0.39, 0.29) is 17.8 Å². The van der Waals surface area contributed by atoms with Gasteiger partial charge in [-0.05, 0) is 12.0 Å². The van der Waals surface area contributed by atoms with E-state index in [1.54, 1.807) is 13.0 Å². The lowest BCUT2D eigenvalue weighted by molar-refractivity contribution is -0.143. The minimum atomic E-state index is -1.11. The van der Waals surface area contributed by atoms with E-state index in [4.69, 9.17) is 9.47 Å². The zero-order valence-corrected chi connectivity index (χ0v) is 15.7. The van der Waals surface area contributed by atoms with Crippen LogP contribution in [0.25, 0.3) is 10.9 Å². The van der Waals surface area contributed by atoms with Gasteiger partial charge in [0.1, 0.15) is 12.6 Å². The fourth-order valence-electron chi connectivity index (χ4n) is 2.65. The number of hydrogen-bond acceptors (Lipinski definition) is 6. The van der Waals surface area contributed by atoms with Gasteiger partial charge in [-0.15, -0.1) is 0 Å². The van der Waals surface area contributed by atoms with Crippen molar-refractivity contribution in [2.45, 2.75) is 32.9 Å². The highest BCUT2D eigenvalue weighted by Gasteiger charge is 2.25. The zero-order chi connectivity index (χ0) is 20.1. The quantitative estimate of drug-likeness (QED) is 0.705. The molecule has 0 bridgehead atoms. The van der Waals surface area contributed by atoms with E-state index in [9.17, 15) is 19.5 Å². The summed E-state index contributed by atoms with van der Waals surface area (Å²) in [4.78, 5) is 40.4. The van der Waals surface area contributed by atoms with Crippen molar-refractivity contribution in [3.05, 3.63) is 28.8 Å². The summed E-state index contributed by atoms with van der Waals surface area (Å²) in [7, 11) is 2.93. The van der Waals surface area contributed by atoms with Crippen molar-refractivity contribution in [3.8, 4) is 11.5 Å². The Labute approximate surface area is 155 Å². The normalized spacial score (nSPS) is 13.0. The Balaban J connectivity index is 2.31. The third-order valence-electron chi connectivity index (χ3n) is 4.44. The van der Waals surface area contributed by atoms with Gasteiger partial charge in [-0.2, -0.15) is 0 Å². The molecule has 1 amide bonds. The molecule has 0 aliphatic carbocycles. The number of nitrogens with one attached hydrogen (secondary N) is 1. The van der Waals surface area contributed by atoms with Crippen molar-refractivity contribution in [1.29, 1.82) is 0 Å². The largest absolute Gasteiger partial charge is 0.493 e. The van der Waals surface area contributed by atoms with Gasteiger partial charge in [-0.25, -0.2) is 9.78 Å². The summed E-state index contributed by atoms with van der Waals surface area (Å²) in [6.45, 7) is 3.24. The number of carbonyl (C=O) groups is 2. The maximum atomic E-state index is 12.7. The molecule has 2 atom stereocenters. The third-order valence-corrected chi connectivity index (χ3v) is 4.44. The van der Waals surface area contributed by atoms with Crippen LogP contribution >= 0.6 is 0 Å². The SMILES string of the molecule is CCC(C)C(NC(=O)Cn1cnc2cc(OC)c(OC)cc2c1=O)C(=O)O. The summed E-state index contributed by atoms with van der Waals surface area (Å²) in [5.41, 5.74) is -0.0381. The molecule has 146 valence electrons. The second-order valence-corrected chi connectivity index (χ2v) is 6.17. The first-order valence-corrected chi connectivity index (χ1v) is 8.45. The van der Waals surface area contributed by atoms with Crippen molar-refractivity contribution in [2.24, 2.45) is 5.92 Å². The van der Waals surface area contributed by atoms with E-state index in [1.807, 2.05) is 6.92 Å². The average molecular weight is 377 g/mol. The second kappa shape index (κ2) is 8.52. The number of aromatic nitrogens is 2. The summed E-state index contributed by atoms with van der Waals surface area (Å²) < 4.78 is 11.5. The molecule has 0 aliphatic heterocycles. The predicted octanol–water partition coefficient (Wildman–Crippen LogP) is 1.03. The van der Waals surface area contributed by atoms with Gasteiger partial charge in [0, 0.05) is 6.07 Å². The summed E-state index contributed by atoms with van der Waals surface area (Å²) in [6.07, 6.45) is 1.84. The summed E-state index contributed by atoms with van der Waals surface area (Å²) in [6, 6.07) is 2.05. The van der Waals surface area contributed by atoms with E-state index < -0.39 is 23.5 Å². The first-order chi connectivity index (χ1) is 12.8. The lowest BCUT2D eigenvalue weighted by atomic mass is 9.99. The molecule has 9 nitrogen and oxygen atoms in total. The Hall–Kier alpha value is -3.10. The second-order valence-electron chi connectivity index (χ2n) is 6.17. The Morgan fingerprint density at radius 2 is 1.89 bits per heavy atom. The molecular weight excluding hydrogens is 354 g/mol. The lowest BCUT2D eigenvalue weighted by Gasteiger charge is -2.20. The molecule has 0 radical (unpaired) electrons. The number of aliphatic carboxylic acids is 1. The van der Waals surface area contributed by atoms with Crippen LogP contribution in [0.1, 0.15) is 20.3 Å². The van der Waals surface area contributed by atoms with Crippen LogP contribution in [0.3, 0.4) is 0 Å². The molecule has 9 heteroatoms. The monoisotopic (exact) mass is 377 g/mol. The van der Waals surface area contributed by atoms with Gasteiger partial charge >= 0.3 is 5.97 Å². The minimum Gasteiger partial charge on any atom is -0.493 e. The smallest absolute Gasteiger partial charge is 0.326 e. The number of benzene rings is 1. The van der Waals surface area contributed by atoms with Gasteiger partial charge in [0.25, 0.3) is 5.56 Å². The number of carboxylic acids is 1. The van der Waals surface area contributed by atoms with E-state index in [2.05, 4.69) is 10.3 Å². The fraction of sp³-hybridized carbons (Fsp3) is 0.444. The van der Waals surface area contributed by atoms with Gasteiger partial charge in [-0.3, -0.25) is 14.2 Å². The highest BCUT2D eigenvalue weighted by Crippen LogP contribution is 2.29. The van der Waals surface area contributed by atoms with Crippen LogP contribution in [-0.4, -0.2) is 46.8 Å². The van der Waals surface area contributed by atoms with Gasteiger partial charge in [0.05, 0.1) is 31.4 Å². The summed E-state index contributed by atoms with van der Waals surface area (Å²) in [5.74, 6) is -1.13. The first-order valence-electron chi connectivity index (χ1n) is 8.45. The maximum absolute atomic E-state index is 12.7. The molecule has 0 saturated heterocycles. The van der Waals surface area contributed by atoms with Crippen LogP contribution in [0, 0.1) is 5.92 Å². The predicted molar refractivity (Wildman–Crippen MR) is 98.1 cm³/mol. The number of carbonyl (C=O) groups excluding carboxylic acids is 1. The van der Waals surface area contributed by atoms with Gasteiger partial charge in [-0.1, -0.05) is 20.3 Å². The highest BCUT2D eigenvalue weighted by atomic mass is 16.5. The standard InChI is InChI=1S/C18H23N3O6/c1-5-10(2)16(18(24)25)20-15(22)8-21-9-19-12-7-14(27-4)13(26-3)6-11(12)17(21)23/h6-7,9-10,16H,5,8H2,1-4H3,(H,20,22)(H,24,25). The van der Waals surface area contributed by atoms with E-state index in [0.717, 1.165) is 4.57 Å².